The molecule has 2 amide bonds. The Kier molecular flexibility index (Phi) is 5.37. The van der Waals surface area contributed by atoms with Crippen LogP contribution in [0.25, 0.3) is 0 Å². The minimum atomic E-state index is 0.00679. The van der Waals surface area contributed by atoms with Crippen LogP contribution in [0, 0.1) is 5.92 Å². The van der Waals surface area contributed by atoms with Crippen LogP contribution in [0.2, 0.25) is 0 Å². The van der Waals surface area contributed by atoms with E-state index in [-0.39, 0.29) is 6.03 Å². The number of amides is 2. The second-order valence-corrected chi connectivity index (χ2v) is 7.76. The lowest BCUT2D eigenvalue weighted by Crippen LogP contribution is -2.46. The van der Waals surface area contributed by atoms with E-state index in [9.17, 15) is 4.79 Å². The van der Waals surface area contributed by atoms with Crippen molar-refractivity contribution >= 4 is 17.4 Å². The standard InChI is InChI=1S/C17H27N3OS/c1-13-3-2-4-15(11-13)19-17(21)18-7-9-20-8-5-16-14(12-20)6-10-22-16/h6,10,13,15H,2-5,7-9,11-12H2,1H3,(H2,18,19,21)/t13-,15+/m0/s1. The molecule has 0 bridgehead atoms. The zero-order valence-electron chi connectivity index (χ0n) is 13.4. The summed E-state index contributed by atoms with van der Waals surface area (Å²) in [6.45, 7) is 6.08. The van der Waals surface area contributed by atoms with Crippen LogP contribution < -0.4 is 10.6 Å². The topological polar surface area (TPSA) is 44.4 Å². The van der Waals surface area contributed by atoms with E-state index in [4.69, 9.17) is 0 Å². The van der Waals surface area contributed by atoms with Gasteiger partial charge in [0.1, 0.15) is 0 Å². The molecule has 0 saturated heterocycles. The van der Waals surface area contributed by atoms with Gasteiger partial charge in [-0.1, -0.05) is 19.8 Å². The Bertz CT molecular complexity index is 502. The van der Waals surface area contributed by atoms with E-state index in [1.807, 2.05) is 11.3 Å². The number of nitrogens with zero attached hydrogens (tertiary/aromatic N) is 1. The number of carbonyl (C=O) groups is 1. The fourth-order valence-electron chi connectivity index (χ4n) is 3.63. The molecule has 122 valence electrons. The first-order valence-corrected chi connectivity index (χ1v) is 9.40. The summed E-state index contributed by atoms with van der Waals surface area (Å²) in [5, 5.41) is 8.34. The van der Waals surface area contributed by atoms with Gasteiger partial charge >= 0.3 is 6.03 Å². The minimum Gasteiger partial charge on any atom is -0.337 e. The summed E-state index contributed by atoms with van der Waals surface area (Å²) in [6.07, 6.45) is 5.95. The van der Waals surface area contributed by atoms with E-state index in [1.54, 1.807) is 0 Å². The van der Waals surface area contributed by atoms with Crippen molar-refractivity contribution in [3.05, 3.63) is 21.9 Å². The first kappa shape index (κ1) is 15.8. The van der Waals surface area contributed by atoms with Crippen LogP contribution in [0.4, 0.5) is 4.79 Å². The summed E-state index contributed by atoms with van der Waals surface area (Å²) in [5.74, 6) is 0.743. The van der Waals surface area contributed by atoms with Gasteiger partial charge in [0, 0.05) is 37.1 Å². The molecule has 2 aliphatic rings. The largest absolute Gasteiger partial charge is 0.337 e. The van der Waals surface area contributed by atoms with Crippen molar-refractivity contribution in [2.75, 3.05) is 19.6 Å². The normalized spacial score (nSPS) is 25.5. The Hall–Kier alpha value is -1.07. The third-order valence-electron chi connectivity index (χ3n) is 4.87. The quantitative estimate of drug-likeness (QED) is 0.895. The molecule has 2 heterocycles. The molecule has 0 radical (unpaired) electrons. The maximum atomic E-state index is 12.0. The van der Waals surface area contributed by atoms with Gasteiger partial charge in [-0.3, -0.25) is 4.90 Å². The summed E-state index contributed by atoms with van der Waals surface area (Å²) in [4.78, 5) is 15.9. The zero-order chi connectivity index (χ0) is 15.4. The van der Waals surface area contributed by atoms with E-state index < -0.39 is 0 Å². The number of nitrogens with one attached hydrogen (secondary N) is 2. The van der Waals surface area contributed by atoms with Crippen molar-refractivity contribution in [3.63, 3.8) is 0 Å². The second kappa shape index (κ2) is 7.47. The molecule has 0 unspecified atom stereocenters. The molecule has 1 aliphatic heterocycles. The molecule has 4 nitrogen and oxygen atoms in total. The molecule has 5 heteroatoms. The first-order chi connectivity index (χ1) is 10.7. The summed E-state index contributed by atoms with van der Waals surface area (Å²) < 4.78 is 0. The average Bonchev–Trinajstić information content (AvgIpc) is 2.95. The Labute approximate surface area is 137 Å². The molecular formula is C17H27N3OS. The molecule has 22 heavy (non-hydrogen) atoms. The van der Waals surface area contributed by atoms with Crippen molar-refractivity contribution in [3.8, 4) is 0 Å². The fraction of sp³-hybridized carbons (Fsp3) is 0.706. The Balaban J connectivity index is 1.34. The van der Waals surface area contributed by atoms with E-state index in [0.29, 0.717) is 6.04 Å². The highest BCUT2D eigenvalue weighted by Gasteiger charge is 2.20. The van der Waals surface area contributed by atoms with Gasteiger partial charge in [0.2, 0.25) is 0 Å². The van der Waals surface area contributed by atoms with Gasteiger partial charge in [-0.25, -0.2) is 4.79 Å². The number of thiophene rings is 1. The molecule has 1 saturated carbocycles. The Morgan fingerprint density at radius 3 is 3.23 bits per heavy atom. The highest BCUT2D eigenvalue weighted by atomic mass is 32.1. The molecule has 1 aromatic heterocycles. The fourth-order valence-corrected chi connectivity index (χ4v) is 4.52. The number of fused-ring (bicyclic) bond motifs is 1. The lowest BCUT2D eigenvalue weighted by atomic mass is 9.87. The molecule has 1 aromatic rings. The predicted octanol–water partition coefficient (Wildman–Crippen LogP) is 2.98. The summed E-state index contributed by atoms with van der Waals surface area (Å²) in [6, 6.07) is 2.61. The average molecular weight is 321 g/mol. The van der Waals surface area contributed by atoms with Gasteiger partial charge in [-0.05, 0) is 42.2 Å². The van der Waals surface area contributed by atoms with Crippen molar-refractivity contribution in [2.24, 2.45) is 5.92 Å². The molecule has 3 rings (SSSR count). The van der Waals surface area contributed by atoms with Gasteiger partial charge < -0.3 is 10.6 Å². The number of hydrogen-bond donors (Lipinski definition) is 2. The van der Waals surface area contributed by atoms with Crippen molar-refractivity contribution < 1.29 is 4.79 Å². The van der Waals surface area contributed by atoms with Gasteiger partial charge in [-0.15, -0.1) is 11.3 Å². The predicted molar refractivity (Wildman–Crippen MR) is 91.3 cm³/mol. The van der Waals surface area contributed by atoms with Crippen molar-refractivity contribution in [1.29, 1.82) is 0 Å². The maximum absolute atomic E-state index is 12.0. The lowest BCUT2D eigenvalue weighted by Gasteiger charge is -2.28. The van der Waals surface area contributed by atoms with Gasteiger partial charge in [0.05, 0.1) is 0 Å². The monoisotopic (exact) mass is 321 g/mol. The van der Waals surface area contributed by atoms with Crippen molar-refractivity contribution in [1.82, 2.24) is 15.5 Å². The zero-order valence-corrected chi connectivity index (χ0v) is 14.3. The smallest absolute Gasteiger partial charge is 0.315 e. The van der Waals surface area contributed by atoms with Crippen LogP contribution >= 0.6 is 11.3 Å². The summed E-state index contributed by atoms with van der Waals surface area (Å²) >= 11 is 1.87. The van der Waals surface area contributed by atoms with Gasteiger partial charge in [-0.2, -0.15) is 0 Å². The van der Waals surface area contributed by atoms with Crippen LogP contribution in [-0.4, -0.2) is 36.6 Å². The molecule has 2 N–H and O–H groups in total. The lowest BCUT2D eigenvalue weighted by molar-refractivity contribution is 0.220. The highest BCUT2D eigenvalue weighted by Crippen LogP contribution is 2.24. The molecular weight excluding hydrogens is 294 g/mol. The summed E-state index contributed by atoms with van der Waals surface area (Å²) in [7, 11) is 0. The molecule has 1 fully saturated rings. The minimum absolute atomic E-state index is 0.00679. The first-order valence-electron chi connectivity index (χ1n) is 8.52. The van der Waals surface area contributed by atoms with E-state index in [1.165, 1.54) is 23.3 Å². The number of urea groups is 1. The SMILES string of the molecule is C[C@H]1CCC[C@@H](NC(=O)NCCN2CCc3sccc3C2)C1. The molecule has 0 spiro atoms. The van der Waals surface area contributed by atoms with Crippen LogP contribution in [0.1, 0.15) is 43.0 Å². The third kappa shape index (κ3) is 4.23. The second-order valence-electron chi connectivity index (χ2n) is 6.76. The number of carbonyl (C=O) groups excluding carboxylic acids is 1. The van der Waals surface area contributed by atoms with Crippen LogP contribution in [-0.2, 0) is 13.0 Å². The van der Waals surface area contributed by atoms with Gasteiger partial charge in [0.15, 0.2) is 0 Å². The molecule has 1 aliphatic carbocycles. The van der Waals surface area contributed by atoms with E-state index in [2.05, 4.69) is 33.9 Å². The third-order valence-corrected chi connectivity index (χ3v) is 5.89. The van der Waals surface area contributed by atoms with Crippen LogP contribution in [0.15, 0.2) is 11.4 Å². The Morgan fingerprint density at radius 2 is 2.36 bits per heavy atom. The maximum Gasteiger partial charge on any atom is 0.315 e. The van der Waals surface area contributed by atoms with Crippen LogP contribution in [0.3, 0.4) is 0 Å². The van der Waals surface area contributed by atoms with Crippen LogP contribution in [0.5, 0.6) is 0 Å². The van der Waals surface area contributed by atoms with E-state index in [0.717, 1.165) is 51.4 Å². The number of rotatable bonds is 4. The Morgan fingerprint density at radius 1 is 1.45 bits per heavy atom. The molecule has 0 aromatic carbocycles. The van der Waals surface area contributed by atoms with Gasteiger partial charge in [0.25, 0.3) is 0 Å². The molecule has 2 atom stereocenters. The van der Waals surface area contributed by atoms with Crippen molar-refractivity contribution in [2.45, 2.75) is 51.6 Å². The number of hydrogen-bond acceptors (Lipinski definition) is 3. The highest BCUT2D eigenvalue weighted by molar-refractivity contribution is 7.10. The summed E-state index contributed by atoms with van der Waals surface area (Å²) in [5.41, 5.74) is 1.47. The van der Waals surface area contributed by atoms with E-state index >= 15 is 0 Å².